The number of hydrogen-bond acceptors (Lipinski definition) is 3. The van der Waals surface area contributed by atoms with Crippen LogP contribution in [0.4, 0.5) is 0 Å². The Morgan fingerprint density at radius 1 is 1.17 bits per heavy atom. The van der Waals surface area contributed by atoms with E-state index < -0.39 is 0 Å². The summed E-state index contributed by atoms with van der Waals surface area (Å²) >= 11 is 11.6. The molecule has 0 saturated carbocycles. The maximum atomic E-state index is 11.8. The van der Waals surface area contributed by atoms with Gasteiger partial charge in [0.25, 0.3) is 0 Å². The van der Waals surface area contributed by atoms with Crippen molar-refractivity contribution in [2.45, 2.75) is 12.8 Å². The van der Waals surface area contributed by atoms with E-state index in [4.69, 9.17) is 32.7 Å². The van der Waals surface area contributed by atoms with Crippen LogP contribution < -0.4 is 0 Å². The number of hydrogen-bond donors (Lipinski definition) is 0. The van der Waals surface area contributed by atoms with Crippen LogP contribution >= 0.6 is 23.2 Å². The van der Waals surface area contributed by atoms with E-state index in [0.29, 0.717) is 48.3 Å². The Hall–Kier alpha value is -0.610. The van der Waals surface area contributed by atoms with Gasteiger partial charge in [0.15, 0.2) is 5.78 Å². The van der Waals surface area contributed by atoms with Crippen LogP contribution in [0.1, 0.15) is 23.2 Å². The summed E-state index contributed by atoms with van der Waals surface area (Å²) in [6, 6.07) is 4.91. The summed E-state index contributed by atoms with van der Waals surface area (Å²) in [4.78, 5) is 11.8. The van der Waals surface area contributed by atoms with Crippen molar-refractivity contribution in [2.75, 3.05) is 26.9 Å². The highest BCUT2D eigenvalue weighted by Gasteiger charge is 2.07. The van der Waals surface area contributed by atoms with Gasteiger partial charge in [0.2, 0.25) is 0 Å². The van der Waals surface area contributed by atoms with Crippen LogP contribution in [0.2, 0.25) is 10.0 Å². The number of carbonyl (C=O) groups is 1. The molecule has 0 spiro atoms. The lowest BCUT2D eigenvalue weighted by Gasteiger charge is -2.04. The first-order chi connectivity index (χ1) is 8.65. The van der Waals surface area contributed by atoms with Gasteiger partial charge in [-0.1, -0.05) is 23.2 Å². The van der Waals surface area contributed by atoms with E-state index in [1.165, 1.54) is 0 Å². The van der Waals surface area contributed by atoms with E-state index >= 15 is 0 Å². The summed E-state index contributed by atoms with van der Waals surface area (Å²) in [5, 5.41) is 0.856. The van der Waals surface area contributed by atoms with E-state index in [1.54, 1.807) is 25.3 Å². The molecule has 1 aromatic rings. The third-order valence-electron chi connectivity index (χ3n) is 2.37. The standard InChI is InChI=1S/C13H16Cl2O3/c1-17-7-8-18-6-2-3-13(16)10-4-5-11(14)12(15)9-10/h4-5,9H,2-3,6-8H2,1H3. The second-order valence-electron chi connectivity index (χ2n) is 3.76. The van der Waals surface area contributed by atoms with Gasteiger partial charge in [-0.05, 0) is 24.6 Å². The number of ether oxygens (including phenoxy) is 2. The number of halogens is 2. The first-order valence-corrected chi connectivity index (χ1v) is 6.45. The molecule has 18 heavy (non-hydrogen) atoms. The van der Waals surface area contributed by atoms with Crippen LogP contribution in [0.15, 0.2) is 18.2 Å². The van der Waals surface area contributed by atoms with Gasteiger partial charge in [0, 0.05) is 25.7 Å². The lowest BCUT2D eigenvalue weighted by molar-refractivity contribution is 0.0670. The first-order valence-electron chi connectivity index (χ1n) is 5.70. The van der Waals surface area contributed by atoms with Crippen LogP contribution in [0, 0.1) is 0 Å². The summed E-state index contributed by atoms with van der Waals surface area (Å²) < 4.78 is 10.1. The molecule has 1 rings (SSSR count). The Labute approximate surface area is 117 Å². The van der Waals surface area contributed by atoms with Crippen molar-refractivity contribution in [1.29, 1.82) is 0 Å². The molecule has 0 aliphatic rings. The van der Waals surface area contributed by atoms with Crippen molar-refractivity contribution in [3.63, 3.8) is 0 Å². The molecule has 0 aromatic heterocycles. The first kappa shape index (κ1) is 15.4. The molecule has 100 valence electrons. The molecule has 0 heterocycles. The highest BCUT2D eigenvalue weighted by molar-refractivity contribution is 6.42. The lowest BCUT2D eigenvalue weighted by atomic mass is 10.1. The van der Waals surface area contributed by atoms with Gasteiger partial charge in [0.1, 0.15) is 0 Å². The molecule has 0 atom stereocenters. The lowest BCUT2D eigenvalue weighted by Crippen LogP contribution is -2.05. The van der Waals surface area contributed by atoms with Crippen LogP contribution in [-0.2, 0) is 9.47 Å². The van der Waals surface area contributed by atoms with E-state index in [2.05, 4.69) is 0 Å². The zero-order valence-corrected chi connectivity index (χ0v) is 11.8. The molecule has 0 aliphatic heterocycles. The van der Waals surface area contributed by atoms with Crippen molar-refractivity contribution in [2.24, 2.45) is 0 Å². The van der Waals surface area contributed by atoms with Crippen molar-refractivity contribution in [3.8, 4) is 0 Å². The van der Waals surface area contributed by atoms with Crippen molar-refractivity contribution >= 4 is 29.0 Å². The largest absolute Gasteiger partial charge is 0.382 e. The van der Waals surface area contributed by atoms with E-state index in [0.717, 1.165) is 0 Å². The predicted molar refractivity (Wildman–Crippen MR) is 72.7 cm³/mol. The topological polar surface area (TPSA) is 35.5 Å². The van der Waals surface area contributed by atoms with Crippen LogP contribution in [0.5, 0.6) is 0 Å². The highest BCUT2D eigenvalue weighted by Crippen LogP contribution is 2.23. The Morgan fingerprint density at radius 3 is 2.61 bits per heavy atom. The quantitative estimate of drug-likeness (QED) is 0.542. The minimum Gasteiger partial charge on any atom is -0.382 e. The number of ketones is 1. The molecule has 0 unspecified atom stereocenters. The van der Waals surface area contributed by atoms with Gasteiger partial charge in [-0.3, -0.25) is 4.79 Å². The van der Waals surface area contributed by atoms with Gasteiger partial charge in [-0.2, -0.15) is 0 Å². The van der Waals surface area contributed by atoms with E-state index in [9.17, 15) is 4.79 Å². The summed E-state index contributed by atoms with van der Waals surface area (Å²) in [5.41, 5.74) is 0.585. The average molecular weight is 291 g/mol. The SMILES string of the molecule is COCCOCCCC(=O)c1ccc(Cl)c(Cl)c1. The van der Waals surface area contributed by atoms with Gasteiger partial charge in [-0.25, -0.2) is 0 Å². The molecule has 0 bridgehead atoms. The van der Waals surface area contributed by atoms with Crippen molar-refractivity contribution < 1.29 is 14.3 Å². The maximum absolute atomic E-state index is 11.8. The molecule has 3 nitrogen and oxygen atoms in total. The van der Waals surface area contributed by atoms with Crippen LogP contribution in [-0.4, -0.2) is 32.7 Å². The molecule has 1 aromatic carbocycles. The van der Waals surface area contributed by atoms with Gasteiger partial charge >= 0.3 is 0 Å². The molecular weight excluding hydrogens is 275 g/mol. The summed E-state index contributed by atoms with van der Waals surface area (Å²) in [6.07, 6.45) is 1.12. The third kappa shape index (κ3) is 5.36. The Morgan fingerprint density at radius 2 is 1.94 bits per heavy atom. The number of benzene rings is 1. The molecule has 5 heteroatoms. The monoisotopic (exact) mass is 290 g/mol. The highest BCUT2D eigenvalue weighted by atomic mass is 35.5. The smallest absolute Gasteiger partial charge is 0.163 e. The number of Topliss-reactive ketones (excluding diaryl/α,β-unsaturated/α-hetero) is 1. The van der Waals surface area contributed by atoms with E-state index in [-0.39, 0.29) is 5.78 Å². The Balaban J connectivity index is 2.30. The third-order valence-corrected chi connectivity index (χ3v) is 3.10. The molecular formula is C13H16Cl2O3. The molecule has 0 aliphatic carbocycles. The molecule has 0 saturated heterocycles. The number of rotatable bonds is 8. The minimum absolute atomic E-state index is 0.0453. The fourth-order valence-electron chi connectivity index (χ4n) is 1.39. The summed E-state index contributed by atoms with van der Waals surface area (Å²) in [6.45, 7) is 1.68. The second-order valence-corrected chi connectivity index (χ2v) is 4.58. The molecule has 0 radical (unpaired) electrons. The van der Waals surface area contributed by atoms with Crippen LogP contribution in [0.25, 0.3) is 0 Å². The fourth-order valence-corrected chi connectivity index (χ4v) is 1.69. The molecule has 0 amide bonds. The number of carbonyl (C=O) groups excluding carboxylic acids is 1. The van der Waals surface area contributed by atoms with Gasteiger partial charge < -0.3 is 9.47 Å². The minimum atomic E-state index is 0.0453. The molecule has 0 N–H and O–H groups in total. The Kier molecular flexibility index (Phi) is 7.28. The van der Waals surface area contributed by atoms with Crippen molar-refractivity contribution in [1.82, 2.24) is 0 Å². The molecule has 0 fully saturated rings. The Bertz CT molecular complexity index is 394. The summed E-state index contributed by atoms with van der Waals surface area (Å²) in [5.74, 6) is 0.0453. The normalized spacial score (nSPS) is 10.6. The van der Waals surface area contributed by atoms with Crippen LogP contribution in [0.3, 0.4) is 0 Å². The zero-order chi connectivity index (χ0) is 13.4. The zero-order valence-electron chi connectivity index (χ0n) is 10.2. The van der Waals surface area contributed by atoms with Gasteiger partial charge in [0.05, 0.1) is 23.3 Å². The summed E-state index contributed by atoms with van der Waals surface area (Å²) in [7, 11) is 1.62. The number of methoxy groups -OCH3 is 1. The fraction of sp³-hybridized carbons (Fsp3) is 0.462. The maximum Gasteiger partial charge on any atom is 0.163 e. The van der Waals surface area contributed by atoms with E-state index in [1.807, 2.05) is 0 Å². The van der Waals surface area contributed by atoms with Gasteiger partial charge in [-0.15, -0.1) is 0 Å². The predicted octanol–water partition coefficient (Wildman–Crippen LogP) is 3.62. The average Bonchev–Trinajstić information content (AvgIpc) is 2.36. The van der Waals surface area contributed by atoms with Crippen molar-refractivity contribution in [3.05, 3.63) is 33.8 Å². The second kappa shape index (κ2) is 8.48.